The number of carbonyl (C=O) groups is 3. The topological polar surface area (TPSA) is 81.7 Å². The molecule has 1 saturated carbocycles. The van der Waals surface area contributed by atoms with Gasteiger partial charge in [-0.3, -0.25) is 4.79 Å². The first-order valence-electron chi connectivity index (χ1n) is 7.89. The molecular formula is C17H17NO5S2. The van der Waals surface area contributed by atoms with E-state index >= 15 is 0 Å². The number of hydrogen-bond acceptors (Lipinski definition) is 7. The molecule has 2 aromatic rings. The summed E-state index contributed by atoms with van der Waals surface area (Å²) in [4.78, 5) is 36.5. The predicted molar refractivity (Wildman–Crippen MR) is 95.5 cm³/mol. The van der Waals surface area contributed by atoms with Crippen LogP contribution in [-0.4, -0.2) is 31.1 Å². The van der Waals surface area contributed by atoms with E-state index in [1.165, 1.54) is 22.7 Å². The maximum atomic E-state index is 12.2. The molecule has 0 aromatic carbocycles. The summed E-state index contributed by atoms with van der Waals surface area (Å²) in [6.07, 6.45) is 2.07. The van der Waals surface area contributed by atoms with E-state index in [2.05, 4.69) is 5.32 Å². The molecule has 1 fully saturated rings. The van der Waals surface area contributed by atoms with Crippen LogP contribution in [0.3, 0.4) is 0 Å². The number of nitrogens with one attached hydrogen (secondary N) is 1. The van der Waals surface area contributed by atoms with Gasteiger partial charge in [-0.25, -0.2) is 9.59 Å². The van der Waals surface area contributed by atoms with E-state index in [1.54, 1.807) is 24.4 Å². The number of esters is 2. The Morgan fingerprint density at radius 2 is 2.00 bits per heavy atom. The predicted octanol–water partition coefficient (Wildman–Crippen LogP) is 3.66. The minimum atomic E-state index is -0.541. The van der Waals surface area contributed by atoms with Crippen LogP contribution in [0.5, 0.6) is 0 Å². The lowest BCUT2D eigenvalue weighted by Gasteiger charge is -2.08. The molecule has 0 unspecified atom stereocenters. The van der Waals surface area contributed by atoms with Crippen LogP contribution in [-0.2, 0) is 14.3 Å². The minimum Gasteiger partial charge on any atom is -0.462 e. The molecule has 0 saturated heterocycles. The van der Waals surface area contributed by atoms with E-state index in [0.29, 0.717) is 21.4 Å². The molecule has 25 heavy (non-hydrogen) atoms. The third-order valence-electron chi connectivity index (χ3n) is 3.63. The van der Waals surface area contributed by atoms with Gasteiger partial charge in [0.1, 0.15) is 9.88 Å². The average molecular weight is 379 g/mol. The molecule has 8 heteroatoms. The monoisotopic (exact) mass is 379 g/mol. The molecule has 3 rings (SSSR count). The van der Waals surface area contributed by atoms with Gasteiger partial charge in [0.15, 0.2) is 6.61 Å². The molecule has 1 aliphatic rings. The molecular weight excluding hydrogens is 362 g/mol. The van der Waals surface area contributed by atoms with Gasteiger partial charge in [0.05, 0.1) is 12.2 Å². The fourth-order valence-electron chi connectivity index (χ4n) is 2.33. The van der Waals surface area contributed by atoms with Gasteiger partial charge in [-0.1, -0.05) is 6.07 Å². The van der Waals surface area contributed by atoms with Crippen LogP contribution in [0.1, 0.15) is 51.3 Å². The minimum absolute atomic E-state index is 0.268. The van der Waals surface area contributed by atoms with Crippen molar-refractivity contribution in [2.45, 2.75) is 25.7 Å². The summed E-state index contributed by atoms with van der Waals surface area (Å²) in [6, 6.07) is 3.36. The van der Waals surface area contributed by atoms with Gasteiger partial charge >= 0.3 is 11.9 Å². The van der Waals surface area contributed by atoms with E-state index < -0.39 is 24.5 Å². The summed E-state index contributed by atoms with van der Waals surface area (Å²) in [5, 5.41) is 6.74. The summed E-state index contributed by atoms with van der Waals surface area (Å²) in [6.45, 7) is 1.60. The Balaban J connectivity index is 1.64. The number of anilines is 1. The third-order valence-corrected chi connectivity index (χ3v) is 5.39. The largest absolute Gasteiger partial charge is 0.462 e. The van der Waals surface area contributed by atoms with E-state index in [4.69, 9.17) is 9.47 Å². The zero-order valence-electron chi connectivity index (χ0n) is 13.6. The van der Waals surface area contributed by atoms with Gasteiger partial charge in [0.25, 0.3) is 5.91 Å². The van der Waals surface area contributed by atoms with E-state index in [1.807, 2.05) is 5.38 Å². The zero-order chi connectivity index (χ0) is 17.8. The lowest BCUT2D eigenvalue weighted by Crippen LogP contribution is -2.21. The van der Waals surface area contributed by atoms with Crippen molar-refractivity contribution in [3.8, 4) is 0 Å². The molecule has 1 aliphatic carbocycles. The molecule has 2 aromatic heterocycles. The van der Waals surface area contributed by atoms with Crippen molar-refractivity contribution in [2.75, 3.05) is 18.5 Å². The van der Waals surface area contributed by atoms with Crippen LogP contribution in [0.25, 0.3) is 0 Å². The molecule has 0 aliphatic heterocycles. The number of rotatable bonds is 7. The number of carbonyl (C=O) groups excluding carboxylic acids is 3. The standard InChI is InChI=1S/C17H17NO5S2/c1-2-22-17(21)14-11(10-5-6-10)9-25-15(14)18-13(19)8-23-16(20)12-4-3-7-24-12/h3-4,7,9-10H,2,5-6,8H2,1H3,(H,18,19). The molecule has 1 N–H and O–H groups in total. The molecule has 1 amide bonds. The summed E-state index contributed by atoms with van der Waals surface area (Å²) < 4.78 is 10.1. The van der Waals surface area contributed by atoms with E-state index in [9.17, 15) is 14.4 Å². The molecule has 0 bridgehead atoms. The van der Waals surface area contributed by atoms with Gasteiger partial charge < -0.3 is 14.8 Å². The Labute approximate surface area is 152 Å². The number of thiophene rings is 2. The molecule has 0 atom stereocenters. The molecule has 0 spiro atoms. The molecule has 6 nitrogen and oxygen atoms in total. The second kappa shape index (κ2) is 7.79. The first-order chi connectivity index (χ1) is 12.1. The Hall–Kier alpha value is -2.19. The van der Waals surface area contributed by atoms with Crippen molar-refractivity contribution in [1.29, 1.82) is 0 Å². The maximum absolute atomic E-state index is 12.2. The fraction of sp³-hybridized carbons (Fsp3) is 0.353. The lowest BCUT2D eigenvalue weighted by molar-refractivity contribution is -0.119. The van der Waals surface area contributed by atoms with E-state index in [0.717, 1.165) is 18.4 Å². The van der Waals surface area contributed by atoms with Crippen molar-refractivity contribution in [3.05, 3.63) is 38.9 Å². The highest BCUT2D eigenvalue weighted by Crippen LogP contribution is 2.46. The van der Waals surface area contributed by atoms with Crippen molar-refractivity contribution < 1.29 is 23.9 Å². The fourth-order valence-corrected chi connectivity index (χ4v) is 3.99. The molecule has 132 valence electrons. The first kappa shape index (κ1) is 17.6. The lowest BCUT2D eigenvalue weighted by atomic mass is 10.1. The Morgan fingerprint density at radius 1 is 1.20 bits per heavy atom. The summed E-state index contributed by atoms with van der Waals surface area (Å²) in [5.41, 5.74) is 1.35. The summed E-state index contributed by atoms with van der Waals surface area (Å²) in [5.74, 6) is -1.10. The Kier molecular flexibility index (Phi) is 5.50. The van der Waals surface area contributed by atoms with Gasteiger partial charge in [0.2, 0.25) is 0 Å². The quantitative estimate of drug-likeness (QED) is 0.743. The van der Waals surface area contributed by atoms with Gasteiger partial charge in [-0.05, 0) is 48.1 Å². The van der Waals surface area contributed by atoms with Crippen molar-refractivity contribution in [3.63, 3.8) is 0 Å². The summed E-state index contributed by atoms with van der Waals surface area (Å²) >= 11 is 2.53. The van der Waals surface area contributed by atoms with Gasteiger partial charge in [0, 0.05) is 0 Å². The van der Waals surface area contributed by atoms with Crippen molar-refractivity contribution >= 4 is 45.5 Å². The highest BCUT2D eigenvalue weighted by Gasteiger charge is 2.32. The molecule has 0 radical (unpaired) electrons. The van der Waals surface area contributed by atoms with Crippen LogP contribution in [0, 0.1) is 0 Å². The number of amides is 1. The Bertz CT molecular complexity index is 777. The van der Waals surface area contributed by atoms with Crippen molar-refractivity contribution in [1.82, 2.24) is 0 Å². The zero-order valence-corrected chi connectivity index (χ0v) is 15.2. The average Bonchev–Trinajstić information content (AvgIpc) is 3.12. The van der Waals surface area contributed by atoms with Gasteiger partial charge in [-0.2, -0.15) is 0 Å². The van der Waals surface area contributed by atoms with Crippen LogP contribution in [0.15, 0.2) is 22.9 Å². The highest BCUT2D eigenvalue weighted by molar-refractivity contribution is 7.15. The van der Waals surface area contributed by atoms with Gasteiger partial charge in [-0.15, -0.1) is 22.7 Å². The van der Waals surface area contributed by atoms with Crippen LogP contribution in [0.2, 0.25) is 0 Å². The second-order valence-electron chi connectivity index (χ2n) is 5.49. The van der Waals surface area contributed by atoms with E-state index in [-0.39, 0.29) is 6.61 Å². The Morgan fingerprint density at radius 3 is 2.64 bits per heavy atom. The van der Waals surface area contributed by atoms with Crippen molar-refractivity contribution in [2.24, 2.45) is 0 Å². The first-order valence-corrected chi connectivity index (χ1v) is 9.65. The SMILES string of the molecule is CCOC(=O)c1c(C2CC2)csc1NC(=O)COC(=O)c1cccs1. The number of ether oxygens (including phenoxy) is 2. The van der Waals surface area contributed by atoms with Crippen LogP contribution in [0.4, 0.5) is 5.00 Å². The highest BCUT2D eigenvalue weighted by atomic mass is 32.1. The maximum Gasteiger partial charge on any atom is 0.348 e. The normalized spacial score (nSPS) is 13.3. The van der Waals surface area contributed by atoms with Crippen LogP contribution >= 0.6 is 22.7 Å². The number of hydrogen-bond donors (Lipinski definition) is 1. The van der Waals surface area contributed by atoms with Crippen LogP contribution < -0.4 is 5.32 Å². The smallest absolute Gasteiger partial charge is 0.348 e. The second-order valence-corrected chi connectivity index (χ2v) is 7.32. The third kappa shape index (κ3) is 4.26. The summed E-state index contributed by atoms with van der Waals surface area (Å²) in [7, 11) is 0. The molecule has 2 heterocycles.